The third kappa shape index (κ3) is 33.9. The van der Waals surface area contributed by atoms with Crippen LogP contribution in [-0.4, -0.2) is 88.5 Å². The first-order valence-electron chi connectivity index (χ1n) is 15.9. The van der Waals surface area contributed by atoms with Crippen molar-refractivity contribution in [2.45, 2.75) is 119 Å². The van der Waals surface area contributed by atoms with E-state index >= 15 is 0 Å². The Morgan fingerprint density at radius 1 is 0.460 bits per heavy atom. The maximum atomic E-state index is 10.6. The summed E-state index contributed by atoms with van der Waals surface area (Å²) in [5, 5.41) is 26.0. The molecule has 0 saturated carbocycles. The van der Waals surface area contributed by atoms with Crippen LogP contribution in [0.2, 0.25) is 0 Å². The SMILES string of the molecule is CC(N)=NCCC(C)=C(C)CC(N)C(=O)O.CC(N)=NCCC(C)=C(C)CC(N)C(=O)O.CC(N)=NCCC(C)=C(C)CC(N)C(=O)O.II. The molecule has 0 aromatic rings. The fourth-order valence-electron chi connectivity index (χ4n) is 3.61. The van der Waals surface area contributed by atoms with E-state index in [9.17, 15) is 14.4 Å². The van der Waals surface area contributed by atoms with Crippen molar-refractivity contribution in [3.63, 3.8) is 0 Å². The predicted molar refractivity (Wildman–Crippen MR) is 224 cm³/mol. The molecular weight excluding hydrogens is 872 g/mol. The summed E-state index contributed by atoms with van der Waals surface area (Å²) in [6.45, 7) is 18.7. The lowest BCUT2D eigenvalue weighted by atomic mass is 10.0. The number of carboxylic acid groups (broad SMARTS) is 3. The van der Waals surface area contributed by atoms with Crippen LogP contribution >= 0.6 is 37.2 Å². The number of amidine groups is 3. The zero-order chi connectivity index (χ0) is 40.1. The highest BCUT2D eigenvalue weighted by atomic mass is 128. The second-order valence-corrected chi connectivity index (χ2v) is 11.9. The number of rotatable bonds is 18. The molecule has 3 unspecified atom stereocenters. The largest absolute Gasteiger partial charge is 0.480 e. The Morgan fingerprint density at radius 3 is 0.780 bits per heavy atom. The molecule has 0 aliphatic rings. The molecule has 0 bridgehead atoms. The summed E-state index contributed by atoms with van der Waals surface area (Å²) in [5.41, 5.74) is 39.0. The number of hydrogen-bond donors (Lipinski definition) is 9. The molecule has 0 aromatic carbocycles. The van der Waals surface area contributed by atoms with Crippen molar-refractivity contribution in [2.24, 2.45) is 49.4 Å². The van der Waals surface area contributed by atoms with Gasteiger partial charge in [-0.2, -0.15) is 0 Å². The van der Waals surface area contributed by atoms with Crippen LogP contribution in [0, 0.1) is 0 Å². The molecule has 0 aliphatic heterocycles. The third-order valence-electron chi connectivity index (χ3n) is 7.26. The molecule has 0 rings (SSSR count). The summed E-state index contributed by atoms with van der Waals surface area (Å²) >= 11 is 4.24. The van der Waals surface area contributed by atoms with E-state index in [1.54, 1.807) is 20.8 Å². The number of aliphatic imine (C=N–C) groups is 3. The number of nitrogens with zero attached hydrogens (tertiary/aromatic N) is 3. The molecule has 0 heterocycles. The van der Waals surface area contributed by atoms with E-state index in [0.29, 0.717) is 56.4 Å². The van der Waals surface area contributed by atoms with Crippen molar-refractivity contribution in [2.75, 3.05) is 19.6 Å². The Labute approximate surface area is 322 Å². The summed E-state index contributed by atoms with van der Waals surface area (Å²) < 4.78 is 0. The van der Waals surface area contributed by atoms with Crippen molar-refractivity contribution < 1.29 is 29.7 Å². The van der Waals surface area contributed by atoms with Gasteiger partial charge in [0.25, 0.3) is 0 Å². The molecular formula is C33H63I2N9O6. The predicted octanol–water partition coefficient (Wildman–Crippen LogP) is 4.45. The Kier molecular flexibility index (Phi) is 35.0. The van der Waals surface area contributed by atoms with E-state index in [1.807, 2.05) is 41.5 Å². The van der Waals surface area contributed by atoms with Crippen molar-refractivity contribution in [1.82, 2.24) is 0 Å². The molecule has 290 valence electrons. The number of hydrogen-bond acceptors (Lipinski definition) is 9. The smallest absolute Gasteiger partial charge is 0.320 e. The van der Waals surface area contributed by atoms with Crippen molar-refractivity contribution >= 4 is 72.6 Å². The fraction of sp³-hybridized carbons (Fsp3) is 0.636. The molecule has 15 nitrogen and oxygen atoms in total. The zero-order valence-electron chi connectivity index (χ0n) is 31.2. The second-order valence-electron chi connectivity index (χ2n) is 11.9. The Hall–Kier alpha value is -2.62. The van der Waals surface area contributed by atoms with Crippen molar-refractivity contribution in [3.05, 3.63) is 33.4 Å². The van der Waals surface area contributed by atoms with Crippen LogP contribution in [0.5, 0.6) is 0 Å². The van der Waals surface area contributed by atoms with Gasteiger partial charge in [0.15, 0.2) is 0 Å². The summed E-state index contributed by atoms with van der Waals surface area (Å²) in [6.07, 6.45) is 3.50. The van der Waals surface area contributed by atoms with Crippen molar-refractivity contribution in [3.8, 4) is 0 Å². The van der Waals surface area contributed by atoms with Crippen LogP contribution in [0.25, 0.3) is 0 Å². The highest BCUT2D eigenvalue weighted by molar-refractivity contribution is 15.0. The van der Waals surface area contributed by atoms with Gasteiger partial charge in [-0.1, -0.05) is 33.4 Å². The van der Waals surface area contributed by atoms with E-state index in [-0.39, 0.29) is 0 Å². The van der Waals surface area contributed by atoms with Gasteiger partial charge in [-0.05, 0) is 101 Å². The van der Waals surface area contributed by atoms with E-state index in [2.05, 4.69) is 52.2 Å². The van der Waals surface area contributed by atoms with Gasteiger partial charge in [-0.15, -0.1) is 0 Å². The van der Waals surface area contributed by atoms with Gasteiger partial charge in [0, 0.05) is 56.9 Å². The Morgan fingerprint density at radius 2 is 0.640 bits per heavy atom. The van der Waals surface area contributed by atoms with Crippen LogP contribution in [0.4, 0.5) is 0 Å². The van der Waals surface area contributed by atoms with Gasteiger partial charge in [-0.25, -0.2) is 0 Å². The van der Waals surface area contributed by atoms with Gasteiger partial charge >= 0.3 is 17.9 Å². The lowest BCUT2D eigenvalue weighted by molar-refractivity contribution is -0.139. The minimum atomic E-state index is -0.969. The molecule has 0 aromatic heterocycles. The zero-order valence-corrected chi connectivity index (χ0v) is 35.5. The van der Waals surface area contributed by atoms with Crippen LogP contribution in [0.1, 0.15) is 101 Å². The molecule has 17 heteroatoms. The number of aliphatic carboxylic acids is 3. The first kappa shape index (κ1) is 54.2. The van der Waals surface area contributed by atoms with Crippen LogP contribution in [-0.2, 0) is 14.4 Å². The molecule has 0 fully saturated rings. The normalized spacial score (nSPS) is 15.1. The lowest BCUT2D eigenvalue weighted by Gasteiger charge is -2.10. The maximum Gasteiger partial charge on any atom is 0.320 e. The number of carbonyl (C=O) groups is 3. The molecule has 3 atom stereocenters. The minimum absolute atomic E-state index is 0.381. The minimum Gasteiger partial charge on any atom is -0.480 e. The third-order valence-corrected chi connectivity index (χ3v) is 7.26. The second kappa shape index (κ2) is 32.3. The highest BCUT2D eigenvalue weighted by Gasteiger charge is 2.14. The van der Waals surface area contributed by atoms with Gasteiger partial charge in [0.2, 0.25) is 0 Å². The number of nitrogens with two attached hydrogens (primary N) is 6. The standard InChI is InChI=1S/3C11H21N3O2.I2/c3*1-7(4-5-14-9(3)12)8(2)6-10(13)11(15)16;1-2/h3*10H,4-6,13H2,1-3H3,(H2,12,14)(H,15,16);. The average Bonchev–Trinajstić information content (AvgIpc) is 3.01. The van der Waals surface area contributed by atoms with Crippen LogP contribution in [0.3, 0.4) is 0 Å². The quantitative estimate of drug-likeness (QED) is 0.0399. The fourth-order valence-corrected chi connectivity index (χ4v) is 3.61. The molecule has 0 radical (unpaired) electrons. The van der Waals surface area contributed by atoms with Crippen molar-refractivity contribution in [1.29, 1.82) is 0 Å². The molecule has 15 N–H and O–H groups in total. The van der Waals surface area contributed by atoms with E-state index in [0.717, 1.165) is 52.7 Å². The molecule has 0 spiro atoms. The van der Waals surface area contributed by atoms with Gasteiger partial charge in [0.05, 0.1) is 17.5 Å². The summed E-state index contributed by atoms with van der Waals surface area (Å²) in [5.74, 6) is -1.22. The summed E-state index contributed by atoms with van der Waals surface area (Å²) in [4.78, 5) is 43.9. The van der Waals surface area contributed by atoms with E-state index in [1.165, 1.54) is 0 Å². The Bertz CT molecular complexity index is 1070. The van der Waals surface area contributed by atoms with Gasteiger partial charge < -0.3 is 49.7 Å². The topological polar surface area (TPSA) is 305 Å². The highest BCUT2D eigenvalue weighted by Crippen LogP contribution is 2.15. The molecule has 50 heavy (non-hydrogen) atoms. The van der Waals surface area contributed by atoms with Crippen LogP contribution in [0.15, 0.2) is 48.4 Å². The Balaban J connectivity index is -0.000000309. The number of carboxylic acids is 3. The van der Waals surface area contributed by atoms with Gasteiger partial charge in [0.1, 0.15) is 18.1 Å². The number of halogens is 2. The lowest BCUT2D eigenvalue weighted by Crippen LogP contribution is -2.30. The van der Waals surface area contributed by atoms with E-state index in [4.69, 9.17) is 49.7 Å². The first-order valence-corrected chi connectivity index (χ1v) is 22.2. The van der Waals surface area contributed by atoms with Crippen LogP contribution < -0.4 is 34.4 Å². The summed E-state index contributed by atoms with van der Waals surface area (Å²) in [7, 11) is 0. The molecule has 0 amide bonds. The monoisotopic (exact) mass is 935 g/mol. The molecule has 0 saturated heterocycles. The average molecular weight is 936 g/mol. The molecule has 0 aliphatic carbocycles. The maximum absolute atomic E-state index is 10.6. The first-order chi connectivity index (χ1) is 23.0. The van der Waals surface area contributed by atoms with E-state index < -0.39 is 36.0 Å². The van der Waals surface area contributed by atoms with Gasteiger partial charge in [-0.3, -0.25) is 29.4 Å². The summed E-state index contributed by atoms with van der Waals surface area (Å²) in [6, 6.07) is -2.47.